The SMILES string of the molecule is CO[C@H](O)C1CCC1. The molecule has 1 atom stereocenters. The first-order valence-corrected chi connectivity index (χ1v) is 3.05. The summed E-state index contributed by atoms with van der Waals surface area (Å²) >= 11 is 0. The van der Waals surface area contributed by atoms with Gasteiger partial charge in [0.25, 0.3) is 0 Å². The number of hydrogen-bond donors (Lipinski definition) is 1. The minimum atomic E-state index is -0.497. The summed E-state index contributed by atoms with van der Waals surface area (Å²) in [4.78, 5) is 0. The van der Waals surface area contributed by atoms with Gasteiger partial charge in [0, 0.05) is 13.0 Å². The fourth-order valence-electron chi connectivity index (χ4n) is 0.917. The lowest BCUT2D eigenvalue weighted by Crippen LogP contribution is -2.27. The Hall–Kier alpha value is -0.0800. The van der Waals surface area contributed by atoms with Gasteiger partial charge in [-0.05, 0) is 12.8 Å². The maximum atomic E-state index is 8.96. The van der Waals surface area contributed by atoms with Crippen LogP contribution in [0.2, 0.25) is 0 Å². The van der Waals surface area contributed by atoms with Crippen LogP contribution in [0.1, 0.15) is 19.3 Å². The molecule has 2 heteroatoms. The van der Waals surface area contributed by atoms with E-state index in [1.54, 1.807) is 7.11 Å². The summed E-state index contributed by atoms with van der Waals surface area (Å²) in [5.74, 6) is 0.431. The van der Waals surface area contributed by atoms with E-state index in [0.29, 0.717) is 5.92 Å². The van der Waals surface area contributed by atoms with Crippen LogP contribution in [-0.2, 0) is 4.74 Å². The van der Waals surface area contributed by atoms with Crippen LogP contribution in [0.15, 0.2) is 0 Å². The first kappa shape index (κ1) is 6.05. The topological polar surface area (TPSA) is 29.5 Å². The third-order valence-corrected chi connectivity index (χ3v) is 1.79. The maximum Gasteiger partial charge on any atom is 0.156 e. The zero-order chi connectivity index (χ0) is 5.98. The zero-order valence-corrected chi connectivity index (χ0v) is 5.13. The van der Waals surface area contributed by atoms with Gasteiger partial charge < -0.3 is 9.84 Å². The molecule has 8 heavy (non-hydrogen) atoms. The lowest BCUT2D eigenvalue weighted by Gasteiger charge is -2.28. The Balaban J connectivity index is 2.13. The Bertz CT molecular complexity index is 66.2. The molecule has 48 valence electrons. The van der Waals surface area contributed by atoms with Crippen molar-refractivity contribution in [3.8, 4) is 0 Å². The Labute approximate surface area is 49.5 Å². The molecule has 2 nitrogen and oxygen atoms in total. The van der Waals surface area contributed by atoms with Gasteiger partial charge in [-0.1, -0.05) is 6.42 Å². The van der Waals surface area contributed by atoms with E-state index in [0.717, 1.165) is 12.8 Å². The van der Waals surface area contributed by atoms with E-state index >= 15 is 0 Å². The number of aliphatic hydroxyl groups excluding tert-OH is 1. The van der Waals surface area contributed by atoms with Gasteiger partial charge >= 0.3 is 0 Å². The maximum absolute atomic E-state index is 8.96. The number of hydrogen-bond acceptors (Lipinski definition) is 2. The molecule has 0 unspecified atom stereocenters. The molecule has 1 N–H and O–H groups in total. The molecular weight excluding hydrogens is 104 g/mol. The van der Waals surface area contributed by atoms with Crippen molar-refractivity contribution >= 4 is 0 Å². The highest BCUT2D eigenvalue weighted by Gasteiger charge is 2.24. The summed E-state index contributed by atoms with van der Waals surface area (Å²) in [6, 6.07) is 0. The van der Waals surface area contributed by atoms with Gasteiger partial charge in [-0.3, -0.25) is 0 Å². The van der Waals surface area contributed by atoms with Crippen molar-refractivity contribution in [2.75, 3.05) is 7.11 Å². The lowest BCUT2D eigenvalue weighted by atomic mass is 9.85. The predicted octanol–water partition coefficient (Wildman–Crippen LogP) is 0.751. The third kappa shape index (κ3) is 1.01. The van der Waals surface area contributed by atoms with Crippen LogP contribution in [0.5, 0.6) is 0 Å². The van der Waals surface area contributed by atoms with Crippen molar-refractivity contribution in [1.29, 1.82) is 0 Å². The molecule has 1 aliphatic rings. The van der Waals surface area contributed by atoms with Crippen LogP contribution in [0, 0.1) is 5.92 Å². The van der Waals surface area contributed by atoms with E-state index in [1.165, 1.54) is 6.42 Å². The van der Waals surface area contributed by atoms with Crippen molar-refractivity contribution in [3.05, 3.63) is 0 Å². The minimum Gasteiger partial charge on any atom is -0.368 e. The minimum absolute atomic E-state index is 0.431. The van der Waals surface area contributed by atoms with E-state index in [4.69, 9.17) is 9.84 Å². The average Bonchev–Trinajstić information content (AvgIpc) is 1.62. The molecule has 0 heterocycles. The van der Waals surface area contributed by atoms with Crippen LogP contribution in [0.3, 0.4) is 0 Å². The Morgan fingerprint density at radius 2 is 2.25 bits per heavy atom. The fourth-order valence-corrected chi connectivity index (χ4v) is 0.917. The quantitative estimate of drug-likeness (QED) is 0.539. The molecule has 0 spiro atoms. The van der Waals surface area contributed by atoms with E-state index in [2.05, 4.69) is 0 Å². The van der Waals surface area contributed by atoms with Gasteiger partial charge in [0.05, 0.1) is 0 Å². The van der Waals surface area contributed by atoms with Crippen LogP contribution in [0.25, 0.3) is 0 Å². The second-order valence-corrected chi connectivity index (χ2v) is 2.32. The van der Waals surface area contributed by atoms with Crippen LogP contribution in [-0.4, -0.2) is 18.5 Å². The van der Waals surface area contributed by atoms with Crippen LogP contribution >= 0.6 is 0 Å². The second kappa shape index (κ2) is 2.46. The summed E-state index contributed by atoms with van der Waals surface area (Å²) in [5.41, 5.74) is 0. The first-order chi connectivity index (χ1) is 3.84. The highest BCUT2D eigenvalue weighted by atomic mass is 16.6. The van der Waals surface area contributed by atoms with Gasteiger partial charge in [0.2, 0.25) is 0 Å². The molecule has 0 aromatic rings. The summed E-state index contributed by atoms with van der Waals surface area (Å²) in [7, 11) is 1.54. The largest absolute Gasteiger partial charge is 0.368 e. The van der Waals surface area contributed by atoms with Crippen molar-refractivity contribution in [1.82, 2.24) is 0 Å². The molecule has 0 aromatic carbocycles. The summed E-state index contributed by atoms with van der Waals surface area (Å²) < 4.78 is 4.71. The molecule has 1 fully saturated rings. The molecule has 1 saturated carbocycles. The predicted molar refractivity (Wildman–Crippen MR) is 30.4 cm³/mol. The Morgan fingerprint density at radius 3 is 2.38 bits per heavy atom. The summed E-state index contributed by atoms with van der Waals surface area (Å²) in [6.07, 6.45) is 3.03. The highest BCUT2D eigenvalue weighted by Crippen LogP contribution is 2.29. The molecule has 0 aliphatic heterocycles. The molecule has 0 radical (unpaired) electrons. The summed E-state index contributed by atoms with van der Waals surface area (Å²) in [6.45, 7) is 0. The summed E-state index contributed by atoms with van der Waals surface area (Å²) in [5, 5.41) is 8.96. The smallest absolute Gasteiger partial charge is 0.156 e. The molecule has 0 saturated heterocycles. The number of ether oxygens (including phenoxy) is 1. The van der Waals surface area contributed by atoms with Crippen LogP contribution in [0.4, 0.5) is 0 Å². The number of aliphatic hydroxyl groups is 1. The molecular formula is C6H12O2. The van der Waals surface area contributed by atoms with Crippen LogP contribution < -0.4 is 0 Å². The average molecular weight is 116 g/mol. The van der Waals surface area contributed by atoms with Crippen molar-refractivity contribution < 1.29 is 9.84 Å². The standard InChI is InChI=1S/C6H12O2/c1-8-6(7)5-3-2-4-5/h5-7H,2-4H2,1H3/t6-/m0/s1. The molecule has 0 amide bonds. The fraction of sp³-hybridized carbons (Fsp3) is 1.00. The number of methoxy groups -OCH3 is 1. The molecule has 1 aliphatic carbocycles. The molecule has 1 rings (SSSR count). The van der Waals surface area contributed by atoms with Crippen molar-refractivity contribution in [2.45, 2.75) is 25.6 Å². The molecule has 0 bridgehead atoms. The third-order valence-electron chi connectivity index (χ3n) is 1.79. The first-order valence-electron chi connectivity index (χ1n) is 3.05. The van der Waals surface area contributed by atoms with Gasteiger partial charge in [0.15, 0.2) is 6.29 Å². The lowest BCUT2D eigenvalue weighted by molar-refractivity contribution is -0.131. The van der Waals surface area contributed by atoms with E-state index in [1.807, 2.05) is 0 Å². The normalized spacial score (nSPS) is 24.8. The Kier molecular flexibility index (Phi) is 1.86. The van der Waals surface area contributed by atoms with Crippen molar-refractivity contribution in [3.63, 3.8) is 0 Å². The van der Waals surface area contributed by atoms with E-state index < -0.39 is 6.29 Å². The number of rotatable bonds is 2. The van der Waals surface area contributed by atoms with E-state index in [9.17, 15) is 0 Å². The highest BCUT2D eigenvalue weighted by molar-refractivity contribution is 4.71. The van der Waals surface area contributed by atoms with Gasteiger partial charge in [-0.2, -0.15) is 0 Å². The monoisotopic (exact) mass is 116 g/mol. The Morgan fingerprint density at radius 1 is 1.62 bits per heavy atom. The van der Waals surface area contributed by atoms with Gasteiger partial charge in [0.1, 0.15) is 0 Å². The van der Waals surface area contributed by atoms with Gasteiger partial charge in [-0.15, -0.1) is 0 Å². The molecule has 0 aromatic heterocycles. The van der Waals surface area contributed by atoms with Crippen molar-refractivity contribution in [2.24, 2.45) is 5.92 Å². The second-order valence-electron chi connectivity index (χ2n) is 2.32. The van der Waals surface area contributed by atoms with E-state index in [-0.39, 0.29) is 0 Å². The van der Waals surface area contributed by atoms with Gasteiger partial charge in [-0.25, -0.2) is 0 Å². The zero-order valence-electron chi connectivity index (χ0n) is 5.13.